The summed E-state index contributed by atoms with van der Waals surface area (Å²) in [5.41, 5.74) is 0. The number of hydrogen-bond acceptors (Lipinski definition) is 4. The summed E-state index contributed by atoms with van der Waals surface area (Å²) in [4.78, 5) is 34.3. The summed E-state index contributed by atoms with van der Waals surface area (Å²) in [5, 5.41) is 10.9. The number of rotatable bonds is 24. The second kappa shape index (κ2) is 24.3. The molecule has 34 heavy (non-hydrogen) atoms. The minimum atomic E-state index is -1.03. The zero-order chi connectivity index (χ0) is 25.3. The molecule has 1 atom stereocenters. The maximum atomic E-state index is 12.3. The zero-order valence-corrected chi connectivity index (χ0v) is 22.0. The van der Waals surface area contributed by atoms with Crippen LogP contribution >= 0.6 is 0 Å². The summed E-state index contributed by atoms with van der Waals surface area (Å²) in [6, 6.07) is 0. The van der Waals surface area contributed by atoms with Crippen molar-refractivity contribution in [3.05, 3.63) is 12.2 Å². The summed E-state index contributed by atoms with van der Waals surface area (Å²) in [6.45, 7) is 4.04. The number of nitrogens with one attached hydrogen (secondary N) is 1. The van der Waals surface area contributed by atoms with E-state index in [1.54, 1.807) is 0 Å². The lowest BCUT2D eigenvalue weighted by atomic mass is 10.0. The molecule has 6 nitrogen and oxygen atoms in total. The Balaban J connectivity index is 3.83. The maximum Gasteiger partial charge on any atom is 0.322 e. The largest absolute Gasteiger partial charge is 0.480 e. The molecule has 0 aromatic rings. The van der Waals surface area contributed by atoms with E-state index >= 15 is 0 Å². The molecule has 0 rings (SSSR count). The average molecular weight is 482 g/mol. The fourth-order valence-electron chi connectivity index (χ4n) is 3.85. The van der Waals surface area contributed by atoms with Crippen molar-refractivity contribution in [2.24, 2.45) is 0 Å². The molecular weight excluding hydrogens is 430 g/mol. The number of carboxylic acids is 1. The third kappa shape index (κ3) is 23.3. The summed E-state index contributed by atoms with van der Waals surface area (Å²) in [5.74, 6) is -1.34. The third-order valence-corrected chi connectivity index (χ3v) is 5.94. The van der Waals surface area contributed by atoms with Crippen LogP contribution in [0, 0.1) is 0 Å². The highest BCUT2D eigenvalue weighted by molar-refractivity contribution is 5.80. The van der Waals surface area contributed by atoms with Crippen LogP contribution in [-0.2, 0) is 19.1 Å². The van der Waals surface area contributed by atoms with E-state index in [2.05, 4.69) is 31.3 Å². The van der Waals surface area contributed by atoms with Crippen LogP contribution in [0.2, 0.25) is 0 Å². The van der Waals surface area contributed by atoms with Gasteiger partial charge in [-0.25, -0.2) is 0 Å². The van der Waals surface area contributed by atoms with E-state index in [0.717, 1.165) is 51.4 Å². The van der Waals surface area contributed by atoms with Crippen LogP contribution < -0.4 is 5.32 Å². The predicted molar refractivity (Wildman–Crippen MR) is 139 cm³/mol. The van der Waals surface area contributed by atoms with Gasteiger partial charge in [-0.1, -0.05) is 77.4 Å². The lowest BCUT2D eigenvalue weighted by Crippen LogP contribution is -2.28. The number of carboxylic acid groups (broad SMARTS) is 1. The topological polar surface area (TPSA) is 92.7 Å². The normalized spacial score (nSPS) is 12.1. The Kier molecular flexibility index (Phi) is 23.0. The molecule has 0 aliphatic rings. The molecule has 1 amide bonds. The Morgan fingerprint density at radius 3 is 1.97 bits per heavy atom. The van der Waals surface area contributed by atoms with E-state index in [1.165, 1.54) is 51.4 Å². The molecule has 0 aromatic carbocycles. The van der Waals surface area contributed by atoms with Crippen LogP contribution in [0.3, 0.4) is 0 Å². The van der Waals surface area contributed by atoms with Crippen LogP contribution in [0.25, 0.3) is 0 Å². The van der Waals surface area contributed by atoms with Crippen LogP contribution in [0.15, 0.2) is 12.2 Å². The Bertz CT molecular complexity index is 547. The maximum absolute atomic E-state index is 12.3. The van der Waals surface area contributed by atoms with Crippen molar-refractivity contribution in [3.63, 3.8) is 0 Å². The number of carbonyl (C=O) groups excluding carboxylic acids is 2. The number of allylic oxidation sites excluding steroid dienone is 2. The first-order valence-corrected chi connectivity index (χ1v) is 13.8. The number of ether oxygens (including phenoxy) is 1. The summed E-state index contributed by atoms with van der Waals surface area (Å²) >= 11 is 0. The van der Waals surface area contributed by atoms with Gasteiger partial charge in [-0.2, -0.15) is 0 Å². The number of amides is 1. The molecule has 0 saturated heterocycles. The van der Waals surface area contributed by atoms with Crippen molar-refractivity contribution in [2.45, 2.75) is 142 Å². The minimum absolute atomic E-state index is 0.0302. The number of hydrogen-bond donors (Lipinski definition) is 2. The molecule has 0 aliphatic carbocycles. The fraction of sp³-hybridized carbons (Fsp3) is 0.821. The van der Waals surface area contributed by atoms with E-state index in [0.29, 0.717) is 19.3 Å². The predicted octanol–water partition coefficient (Wildman–Crippen LogP) is 7.11. The molecule has 2 N–H and O–H groups in total. The first kappa shape index (κ1) is 32.1. The van der Waals surface area contributed by atoms with Gasteiger partial charge in [0.1, 0.15) is 12.6 Å². The summed E-state index contributed by atoms with van der Waals surface area (Å²) in [6.07, 6.45) is 23.7. The Hall–Kier alpha value is -1.85. The van der Waals surface area contributed by atoms with Crippen LogP contribution in [0.4, 0.5) is 0 Å². The van der Waals surface area contributed by atoms with Crippen molar-refractivity contribution in [1.29, 1.82) is 0 Å². The van der Waals surface area contributed by atoms with E-state index in [1.807, 2.05) is 0 Å². The third-order valence-electron chi connectivity index (χ3n) is 5.94. The van der Waals surface area contributed by atoms with Gasteiger partial charge in [0.2, 0.25) is 5.91 Å². The molecule has 0 aliphatic heterocycles. The van der Waals surface area contributed by atoms with E-state index < -0.39 is 5.97 Å². The summed E-state index contributed by atoms with van der Waals surface area (Å²) < 4.78 is 5.75. The van der Waals surface area contributed by atoms with Crippen LogP contribution in [-0.4, -0.2) is 35.6 Å². The Morgan fingerprint density at radius 1 is 0.735 bits per heavy atom. The lowest BCUT2D eigenvalue weighted by molar-refractivity contribution is -0.150. The second-order valence-corrected chi connectivity index (χ2v) is 9.30. The van der Waals surface area contributed by atoms with Gasteiger partial charge in [-0.05, 0) is 57.8 Å². The molecule has 0 aromatic heterocycles. The first-order valence-electron chi connectivity index (χ1n) is 13.8. The van der Waals surface area contributed by atoms with E-state index in [9.17, 15) is 14.4 Å². The van der Waals surface area contributed by atoms with Crippen molar-refractivity contribution < 1.29 is 24.2 Å². The summed E-state index contributed by atoms with van der Waals surface area (Å²) in [7, 11) is 0. The smallest absolute Gasteiger partial charge is 0.322 e. The van der Waals surface area contributed by atoms with Crippen molar-refractivity contribution in [2.75, 3.05) is 6.54 Å². The number of unbranched alkanes of at least 4 members (excludes halogenated alkanes) is 11. The highest BCUT2D eigenvalue weighted by atomic mass is 16.5. The number of carbonyl (C=O) groups is 3. The van der Waals surface area contributed by atoms with Gasteiger partial charge in [-0.3, -0.25) is 14.4 Å². The standard InChI is InChI=1S/C28H51NO5/c1-3-5-7-8-9-10-11-12-13-14-15-19-23-28(33)34-25(20-6-4-2)21-17-16-18-22-26(30)29-24-27(31)32/h9-10,25H,3-8,11-24H2,1-2H3,(H,29,30)(H,31,32)/b10-9-. The molecule has 1 unspecified atom stereocenters. The number of aliphatic carboxylic acids is 1. The Labute approximate surface area is 208 Å². The van der Waals surface area contributed by atoms with Crippen molar-refractivity contribution >= 4 is 17.8 Å². The molecule has 0 heterocycles. The molecule has 0 radical (unpaired) electrons. The average Bonchev–Trinajstić information content (AvgIpc) is 2.81. The van der Waals surface area contributed by atoms with Crippen LogP contribution in [0.5, 0.6) is 0 Å². The minimum Gasteiger partial charge on any atom is -0.480 e. The fourth-order valence-corrected chi connectivity index (χ4v) is 3.85. The molecule has 0 saturated carbocycles. The van der Waals surface area contributed by atoms with Gasteiger partial charge >= 0.3 is 11.9 Å². The van der Waals surface area contributed by atoms with Gasteiger partial charge in [0.15, 0.2) is 0 Å². The van der Waals surface area contributed by atoms with Crippen molar-refractivity contribution in [3.8, 4) is 0 Å². The molecule has 198 valence electrons. The molecule has 0 bridgehead atoms. The second-order valence-electron chi connectivity index (χ2n) is 9.30. The number of esters is 1. The first-order chi connectivity index (χ1) is 16.5. The monoisotopic (exact) mass is 481 g/mol. The van der Waals surface area contributed by atoms with Gasteiger partial charge in [0.05, 0.1) is 0 Å². The Morgan fingerprint density at radius 2 is 1.29 bits per heavy atom. The van der Waals surface area contributed by atoms with Gasteiger partial charge in [0, 0.05) is 12.8 Å². The highest BCUT2D eigenvalue weighted by Gasteiger charge is 2.14. The SMILES string of the molecule is CCCCC/C=C\CCCCCCCC(=O)OC(CCCC)CCCCCC(=O)NCC(=O)O. The van der Waals surface area contributed by atoms with E-state index in [-0.39, 0.29) is 24.5 Å². The van der Waals surface area contributed by atoms with Gasteiger partial charge in [0.25, 0.3) is 0 Å². The molecule has 6 heteroatoms. The quantitative estimate of drug-likeness (QED) is 0.0870. The van der Waals surface area contributed by atoms with Crippen molar-refractivity contribution in [1.82, 2.24) is 5.32 Å². The highest BCUT2D eigenvalue weighted by Crippen LogP contribution is 2.16. The molecular formula is C28H51NO5. The molecule has 0 fully saturated rings. The molecule has 0 spiro atoms. The van der Waals surface area contributed by atoms with Gasteiger partial charge in [-0.15, -0.1) is 0 Å². The van der Waals surface area contributed by atoms with E-state index in [4.69, 9.17) is 9.84 Å². The van der Waals surface area contributed by atoms with Crippen LogP contribution in [0.1, 0.15) is 136 Å². The van der Waals surface area contributed by atoms with Gasteiger partial charge < -0.3 is 15.2 Å². The lowest BCUT2D eigenvalue weighted by Gasteiger charge is -2.18. The zero-order valence-electron chi connectivity index (χ0n) is 22.0.